The fourth-order valence-electron chi connectivity index (χ4n) is 4.48. The Morgan fingerprint density at radius 2 is 1.93 bits per heavy atom. The van der Waals surface area contributed by atoms with Crippen LogP contribution >= 0.6 is 0 Å². The number of amides is 1. The molecule has 1 saturated heterocycles. The van der Waals surface area contributed by atoms with E-state index >= 15 is 0 Å². The predicted molar refractivity (Wildman–Crippen MR) is 102 cm³/mol. The largest absolute Gasteiger partial charge is 0.440 e. The van der Waals surface area contributed by atoms with Crippen molar-refractivity contribution in [2.45, 2.75) is 51.5 Å². The molecule has 2 aliphatic rings. The van der Waals surface area contributed by atoms with E-state index in [0.717, 1.165) is 18.4 Å². The van der Waals surface area contributed by atoms with Crippen molar-refractivity contribution in [3.05, 3.63) is 23.8 Å². The summed E-state index contributed by atoms with van der Waals surface area (Å²) in [6, 6.07) is 0.237. The van der Waals surface area contributed by atoms with Crippen LogP contribution in [0.2, 0.25) is 0 Å². The molecule has 1 amide bonds. The Labute approximate surface area is 160 Å². The van der Waals surface area contributed by atoms with E-state index in [4.69, 9.17) is 4.42 Å². The third-order valence-corrected chi connectivity index (χ3v) is 6.39. The Morgan fingerprint density at radius 1 is 1.22 bits per heavy atom. The minimum atomic E-state index is -0.129. The highest BCUT2D eigenvalue weighted by Gasteiger charge is 2.37. The molecule has 0 atom stereocenters. The molecule has 7 nitrogen and oxygen atoms in total. The fraction of sp³-hybridized carbons (Fsp3) is 0.650. The number of rotatable bonds is 3. The Morgan fingerprint density at radius 3 is 2.56 bits per heavy atom. The zero-order valence-electron chi connectivity index (χ0n) is 16.5. The Hall–Kier alpha value is -2.15. The lowest BCUT2D eigenvalue weighted by Crippen LogP contribution is -2.45. The fourth-order valence-corrected chi connectivity index (χ4v) is 4.48. The van der Waals surface area contributed by atoms with Crippen LogP contribution in [0, 0.1) is 12.3 Å². The summed E-state index contributed by atoms with van der Waals surface area (Å²) in [6.07, 6.45) is 10.6. The van der Waals surface area contributed by atoms with Crippen LogP contribution in [0.5, 0.6) is 0 Å². The summed E-state index contributed by atoms with van der Waals surface area (Å²) >= 11 is 0. The van der Waals surface area contributed by atoms with E-state index in [2.05, 4.69) is 27.3 Å². The first kappa shape index (κ1) is 18.2. The number of aryl methyl sites for hydroxylation is 2. The first-order valence-corrected chi connectivity index (χ1v) is 9.90. The highest BCUT2D eigenvalue weighted by Crippen LogP contribution is 2.44. The van der Waals surface area contributed by atoms with Crippen LogP contribution < -0.4 is 5.32 Å². The number of likely N-dealkylation sites (tertiary alicyclic amines) is 1. The number of nitrogens with one attached hydrogen (secondary N) is 1. The molecular weight excluding hydrogens is 342 g/mol. The number of nitrogens with zero attached hydrogens (tertiary/aromatic N) is 4. The number of hydrogen-bond donors (Lipinski definition) is 1. The third kappa shape index (κ3) is 3.78. The molecule has 2 fully saturated rings. The van der Waals surface area contributed by atoms with Gasteiger partial charge in [0, 0.05) is 19.3 Å². The molecule has 0 unspecified atom stereocenters. The van der Waals surface area contributed by atoms with Crippen LogP contribution in [0.15, 0.2) is 16.8 Å². The lowest BCUT2D eigenvalue weighted by atomic mass is 9.67. The van der Waals surface area contributed by atoms with Crippen molar-refractivity contribution < 1.29 is 9.21 Å². The van der Waals surface area contributed by atoms with Gasteiger partial charge in [-0.2, -0.15) is 5.10 Å². The maximum Gasteiger partial charge on any atom is 0.273 e. The second-order valence-electron chi connectivity index (χ2n) is 8.38. The van der Waals surface area contributed by atoms with Gasteiger partial charge in [-0.05, 0) is 71.0 Å². The number of carbonyl (C=O) groups excluding carboxylic acids is 1. The molecule has 4 rings (SSSR count). The Bertz CT molecular complexity index is 806. The minimum absolute atomic E-state index is 0.129. The molecule has 1 aliphatic heterocycles. The zero-order chi connectivity index (χ0) is 19.0. The van der Waals surface area contributed by atoms with E-state index in [1.54, 1.807) is 17.8 Å². The molecule has 1 saturated carbocycles. The van der Waals surface area contributed by atoms with Gasteiger partial charge in [0.05, 0.1) is 11.8 Å². The molecule has 2 aromatic heterocycles. The summed E-state index contributed by atoms with van der Waals surface area (Å²) in [6.45, 7) is 4.19. The summed E-state index contributed by atoms with van der Waals surface area (Å²) < 4.78 is 7.38. The number of aromatic nitrogens is 3. The highest BCUT2D eigenvalue weighted by atomic mass is 16.4. The van der Waals surface area contributed by atoms with Crippen molar-refractivity contribution in [1.82, 2.24) is 25.0 Å². The maximum atomic E-state index is 12.7. The van der Waals surface area contributed by atoms with Crippen LogP contribution in [-0.4, -0.2) is 51.8 Å². The van der Waals surface area contributed by atoms with Crippen LogP contribution in [0.1, 0.15) is 54.8 Å². The number of piperidine rings is 1. The van der Waals surface area contributed by atoms with E-state index < -0.39 is 0 Å². The molecule has 1 spiro atoms. The predicted octanol–water partition coefficient (Wildman–Crippen LogP) is 2.77. The molecule has 1 N–H and O–H groups in total. The van der Waals surface area contributed by atoms with Crippen LogP contribution in [0.4, 0.5) is 0 Å². The number of carbonyl (C=O) groups is 1. The van der Waals surface area contributed by atoms with Gasteiger partial charge in [-0.1, -0.05) is 0 Å². The van der Waals surface area contributed by atoms with Gasteiger partial charge in [-0.15, -0.1) is 0 Å². The smallest absolute Gasteiger partial charge is 0.273 e. The van der Waals surface area contributed by atoms with E-state index in [0.29, 0.717) is 22.8 Å². The number of oxazole rings is 1. The van der Waals surface area contributed by atoms with Crippen molar-refractivity contribution in [2.75, 3.05) is 20.1 Å². The lowest BCUT2D eigenvalue weighted by molar-refractivity contribution is 0.0653. The normalized spacial score (nSPS) is 20.9. The van der Waals surface area contributed by atoms with Crippen molar-refractivity contribution in [2.24, 2.45) is 12.5 Å². The molecule has 3 heterocycles. The molecule has 1 aliphatic carbocycles. The van der Waals surface area contributed by atoms with E-state index in [1.165, 1.54) is 38.8 Å². The van der Waals surface area contributed by atoms with E-state index in [-0.39, 0.29) is 11.9 Å². The molecular formula is C20H29N5O2. The highest BCUT2D eigenvalue weighted by molar-refractivity contribution is 5.93. The van der Waals surface area contributed by atoms with Crippen molar-refractivity contribution in [3.63, 3.8) is 0 Å². The Kier molecular flexibility index (Phi) is 4.80. The van der Waals surface area contributed by atoms with Crippen molar-refractivity contribution in [1.29, 1.82) is 0 Å². The lowest BCUT2D eigenvalue weighted by Gasteiger charge is -2.45. The van der Waals surface area contributed by atoms with Gasteiger partial charge >= 0.3 is 0 Å². The van der Waals surface area contributed by atoms with Crippen molar-refractivity contribution >= 4 is 5.91 Å². The zero-order valence-corrected chi connectivity index (χ0v) is 16.5. The molecule has 146 valence electrons. The van der Waals surface area contributed by atoms with Gasteiger partial charge < -0.3 is 14.6 Å². The maximum absolute atomic E-state index is 12.7. The average molecular weight is 371 g/mol. The number of hydrogen-bond acceptors (Lipinski definition) is 5. The molecule has 0 aromatic carbocycles. The summed E-state index contributed by atoms with van der Waals surface area (Å²) in [5, 5.41) is 7.31. The van der Waals surface area contributed by atoms with Gasteiger partial charge in [0.25, 0.3) is 5.91 Å². The summed E-state index contributed by atoms with van der Waals surface area (Å²) in [7, 11) is 4.05. The molecule has 0 radical (unpaired) electrons. The molecule has 2 aromatic rings. The van der Waals surface area contributed by atoms with Crippen molar-refractivity contribution in [3.8, 4) is 11.5 Å². The quantitative estimate of drug-likeness (QED) is 0.898. The topological polar surface area (TPSA) is 76.2 Å². The first-order chi connectivity index (χ1) is 12.9. The van der Waals surface area contributed by atoms with Gasteiger partial charge in [-0.25, -0.2) is 4.98 Å². The van der Waals surface area contributed by atoms with Gasteiger partial charge in [0.2, 0.25) is 5.89 Å². The second kappa shape index (κ2) is 7.11. The summed E-state index contributed by atoms with van der Waals surface area (Å²) in [5.74, 6) is 0.865. The minimum Gasteiger partial charge on any atom is -0.440 e. The average Bonchev–Trinajstić information content (AvgIpc) is 3.25. The van der Waals surface area contributed by atoms with E-state index in [9.17, 15) is 4.79 Å². The van der Waals surface area contributed by atoms with Gasteiger partial charge in [0.15, 0.2) is 5.69 Å². The van der Waals surface area contributed by atoms with Gasteiger partial charge in [0.1, 0.15) is 5.76 Å². The molecule has 27 heavy (non-hydrogen) atoms. The summed E-state index contributed by atoms with van der Waals surface area (Å²) in [4.78, 5) is 19.6. The Balaban J connectivity index is 1.37. The second-order valence-corrected chi connectivity index (χ2v) is 8.38. The monoisotopic (exact) mass is 371 g/mol. The van der Waals surface area contributed by atoms with Gasteiger partial charge in [-0.3, -0.25) is 9.48 Å². The molecule has 7 heteroatoms. The molecule has 0 bridgehead atoms. The first-order valence-electron chi connectivity index (χ1n) is 9.90. The third-order valence-electron chi connectivity index (χ3n) is 6.39. The summed E-state index contributed by atoms with van der Waals surface area (Å²) in [5.41, 5.74) is 1.67. The SMILES string of the molecule is Cc1oc(-c2cnn(C)c2)nc1C(=O)NC1CCC2(CC1)CCN(C)CC2. The van der Waals surface area contributed by atoms with Crippen LogP contribution in [0.3, 0.4) is 0 Å². The standard InChI is InChI=1S/C20H29N5O2/c1-14-17(23-19(27-14)15-12-21-25(3)13-15)18(26)22-16-4-6-20(7-5-16)8-10-24(2)11-9-20/h12-13,16H,4-11H2,1-3H3,(H,22,26). The van der Waals surface area contributed by atoms with E-state index in [1.807, 2.05) is 13.2 Å². The van der Waals surface area contributed by atoms with Crippen LogP contribution in [-0.2, 0) is 7.05 Å². The van der Waals surface area contributed by atoms with Crippen LogP contribution in [0.25, 0.3) is 11.5 Å².